The number of alkyl halides is 4. The number of hydrogen-bond donors (Lipinski definition) is 0. The SMILES string of the molecule is Cc1ccc(/C(=C(\CBr)Sc2ccccc2)C(F)(F)F)cc1. The molecule has 2 aromatic rings. The Morgan fingerprint density at radius 3 is 2.09 bits per heavy atom. The van der Waals surface area contributed by atoms with Gasteiger partial charge in [-0.15, -0.1) is 0 Å². The highest BCUT2D eigenvalue weighted by atomic mass is 79.9. The molecule has 0 spiro atoms. The van der Waals surface area contributed by atoms with Crippen molar-refractivity contribution in [1.29, 1.82) is 0 Å². The van der Waals surface area contributed by atoms with Crippen LogP contribution in [-0.4, -0.2) is 11.5 Å². The Hall–Kier alpha value is -1.20. The van der Waals surface area contributed by atoms with Crippen LogP contribution < -0.4 is 0 Å². The second-order valence-electron chi connectivity index (χ2n) is 4.71. The molecule has 22 heavy (non-hydrogen) atoms. The molecule has 0 atom stereocenters. The fourth-order valence-corrected chi connectivity index (χ4v) is 3.57. The van der Waals surface area contributed by atoms with Crippen molar-refractivity contribution in [2.24, 2.45) is 0 Å². The summed E-state index contributed by atoms with van der Waals surface area (Å²) in [6.07, 6.45) is -4.40. The summed E-state index contributed by atoms with van der Waals surface area (Å²) in [5.41, 5.74) is 0.538. The Balaban J connectivity index is 2.51. The van der Waals surface area contributed by atoms with Gasteiger partial charge in [-0.2, -0.15) is 13.2 Å². The molecule has 0 amide bonds. The van der Waals surface area contributed by atoms with E-state index < -0.39 is 11.7 Å². The Labute approximate surface area is 140 Å². The van der Waals surface area contributed by atoms with Crippen LogP contribution in [0.15, 0.2) is 64.4 Å². The Bertz CT molecular complexity index is 646. The van der Waals surface area contributed by atoms with E-state index in [0.717, 1.165) is 22.2 Å². The molecule has 116 valence electrons. The van der Waals surface area contributed by atoms with E-state index in [1.165, 1.54) is 12.1 Å². The standard InChI is InChI=1S/C17H14BrF3S/c1-12-7-9-13(10-8-12)16(17(19,20)21)15(11-18)22-14-5-3-2-4-6-14/h2-10H,11H2,1H3/b16-15-. The van der Waals surface area contributed by atoms with E-state index in [1.807, 2.05) is 25.1 Å². The molecule has 0 radical (unpaired) electrons. The van der Waals surface area contributed by atoms with Gasteiger partial charge in [0.25, 0.3) is 0 Å². The molecule has 2 aromatic carbocycles. The molecule has 0 saturated carbocycles. The summed E-state index contributed by atoms with van der Waals surface area (Å²) in [6, 6.07) is 15.5. The van der Waals surface area contributed by atoms with Gasteiger partial charge in [-0.25, -0.2) is 0 Å². The lowest BCUT2D eigenvalue weighted by atomic mass is 10.0. The van der Waals surface area contributed by atoms with Gasteiger partial charge in [0, 0.05) is 15.1 Å². The van der Waals surface area contributed by atoms with E-state index in [1.54, 1.807) is 24.3 Å². The largest absolute Gasteiger partial charge is 0.417 e. The summed E-state index contributed by atoms with van der Waals surface area (Å²) >= 11 is 4.33. The van der Waals surface area contributed by atoms with Gasteiger partial charge < -0.3 is 0 Å². The van der Waals surface area contributed by atoms with Crippen molar-refractivity contribution in [3.63, 3.8) is 0 Å². The summed E-state index contributed by atoms with van der Waals surface area (Å²) in [5.74, 6) is 0. The van der Waals surface area contributed by atoms with E-state index in [2.05, 4.69) is 15.9 Å². The van der Waals surface area contributed by atoms with Crippen LogP contribution in [0.3, 0.4) is 0 Å². The highest BCUT2D eigenvalue weighted by Crippen LogP contribution is 2.42. The first-order valence-corrected chi connectivity index (χ1v) is 8.52. The number of benzene rings is 2. The molecule has 0 heterocycles. The van der Waals surface area contributed by atoms with E-state index in [0.29, 0.717) is 0 Å². The molecule has 0 aromatic heterocycles. The van der Waals surface area contributed by atoms with Crippen LogP contribution in [-0.2, 0) is 0 Å². The smallest absolute Gasteiger partial charge is 0.166 e. The lowest BCUT2D eigenvalue weighted by Crippen LogP contribution is -2.13. The molecule has 0 unspecified atom stereocenters. The maximum Gasteiger partial charge on any atom is 0.417 e. The van der Waals surface area contributed by atoms with Gasteiger partial charge >= 0.3 is 6.18 Å². The van der Waals surface area contributed by atoms with Gasteiger partial charge in [-0.05, 0) is 24.6 Å². The number of aryl methyl sites for hydroxylation is 1. The maximum absolute atomic E-state index is 13.6. The molecule has 0 nitrogen and oxygen atoms in total. The zero-order valence-corrected chi connectivity index (χ0v) is 14.2. The van der Waals surface area contributed by atoms with E-state index in [4.69, 9.17) is 0 Å². The first kappa shape index (κ1) is 17.2. The second kappa shape index (κ2) is 7.38. The van der Waals surface area contributed by atoms with E-state index in [-0.39, 0.29) is 15.8 Å². The molecule has 0 bridgehead atoms. The van der Waals surface area contributed by atoms with Crippen molar-refractivity contribution in [2.45, 2.75) is 18.0 Å². The van der Waals surface area contributed by atoms with Gasteiger partial charge in [-0.3, -0.25) is 0 Å². The van der Waals surface area contributed by atoms with Gasteiger partial charge in [0.2, 0.25) is 0 Å². The molecular weight excluding hydrogens is 373 g/mol. The van der Waals surface area contributed by atoms with Gasteiger partial charge in [0.05, 0.1) is 5.57 Å². The lowest BCUT2D eigenvalue weighted by Gasteiger charge is -2.17. The lowest BCUT2D eigenvalue weighted by molar-refractivity contribution is -0.0691. The molecule has 2 rings (SSSR count). The number of hydrogen-bond acceptors (Lipinski definition) is 1. The van der Waals surface area contributed by atoms with E-state index in [9.17, 15) is 13.2 Å². The average molecular weight is 387 g/mol. The van der Waals surface area contributed by atoms with Crippen LogP contribution in [0.2, 0.25) is 0 Å². The molecule has 0 fully saturated rings. The highest BCUT2D eigenvalue weighted by molar-refractivity contribution is 9.09. The van der Waals surface area contributed by atoms with Crippen molar-refractivity contribution < 1.29 is 13.2 Å². The third-order valence-electron chi connectivity index (χ3n) is 3.01. The van der Waals surface area contributed by atoms with Crippen molar-refractivity contribution >= 4 is 33.3 Å². The van der Waals surface area contributed by atoms with Gasteiger partial charge in [0.15, 0.2) is 0 Å². The normalized spacial score (nSPS) is 13.0. The first-order valence-electron chi connectivity index (χ1n) is 6.58. The van der Waals surface area contributed by atoms with Crippen molar-refractivity contribution in [3.05, 3.63) is 70.6 Å². The summed E-state index contributed by atoms with van der Waals surface area (Å²) in [6.45, 7) is 1.85. The first-order chi connectivity index (χ1) is 10.4. The molecule has 0 aliphatic heterocycles. The monoisotopic (exact) mass is 386 g/mol. The zero-order valence-electron chi connectivity index (χ0n) is 11.8. The van der Waals surface area contributed by atoms with Crippen LogP contribution >= 0.6 is 27.7 Å². The molecule has 0 N–H and O–H groups in total. The Kier molecular flexibility index (Phi) is 5.75. The highest BCUT2D eigenvalue weighted by Gasteiger charge is 2.37. The number of allylic oxidation sites excluding steroid dienone is 2. The van der Waals surface area contributed by atoms with Gasteiger partial charge in [0.1, 0.15) is 0 Å². The minimum atomic E-state index is -4.40. The molecule has 0 saturated heterocycles. The third kappa shape index (κ3) is 4.40. The van der Waals surface area contributed by atoms with Gasteiger partial charge in [-0.1, -0.05) is 75.7 Å². The topological polar surface area (TPSA) is 0 Å². The summed E-state index contributed by atoms with van der Waals surface area (Å²) in [5, 5.41) is 0.148. The maximum atomic E-state index is 13.6. The summed E-state index contributed by atoms with van der Waals surface area (Å²) in [4.78, 5) is 1.04. The summed E-state index contributed by atoms with van der Waals surface area (Å²) < 4.78 is 40.7. The van der Waals surface area contributed by atoms with Crippen molar-refractivity contribution in [3.8, 4) is 0 Å². The number of halogens is 4. The molecule has 5 heteroatoms. The average Bonchev–Trinajstić information content (AvgIpc) is 2.48. The molecule has 0 aliphatic rings. The number of thioether (sulfide) groups is 1. The van der Waals surface area contributed by atoms with Crippen molar-refractivity contribution in [2.75, 3.05) is 5.33 Å². The predicted octanol–water partition coefficient (Wildman–Crippen LogP) is 6.46. The van der Waals surface area contributed by atoms with Crippen LogP contribution in [0.5, 0.6) is 0 Å². The fourth-order valence-electron chi connectivity index (χ4n) is 1.98. The summed E-state index contributed by atoms with van der Waals surface area (Å²) in [7, 11) is 0. The Morgan fingerprint density at radius 1 is 1.00 bits per heavy atom. The molecule has 0 aliphatic carbocycles. The van der Waals surface area contributed by atoms with Crippen LogP contribution in [0.1, 0.15) is 11.1 Å². The van der Waals surface area contributed by atoms with Crippen LogP contribution in [0, 0.1) is 6.92 Å². The third-order valence-corrected chi connectivity index (χ3v) is 5.04. The van der Waals surface area contributed by atoms with Crippen LogP contribution in [0.4, 0.5) is 13.2 Å². The second-order valence-corrected chi connectivity index (χ2v) is 6.44. The van der Waals surface area contributed by atoms with Crippen molar-refractivity contribution in [1.82, 2.24) is 0 Å². The minimum absolute atomic E-state index is 0.148. The Morgan fingerprint density at radius 2 is 1.59 bits per heavy atom. The molecular formula is C17H14BrF3S. The quantitative estimate of drug-likeness (QED) is 0.429. The predicted molar refractivity (Wildman–Crippen MR) is 90.2 cm³/mol. The van der Waals surface area contributed by atoms with Crippen LogP contribution in [0.25, 0.3) is 5.57 Å². The fraction of sp³-hybridized carbons (Fsp3) is 0.176. The zero-order chi connectivity index (χ0) is 16.2. The number of rotatable bonds is 4. The minimum Gasteiger partial charge on any atom is -0.166 e. The van der Waals surface area contributed by atoms with E-state index >= 15 is 0 Å².